The van der Waals surface area contributed by atoms with Gasteiger partial charge in [0.15, 0.2) is 21.2 Å². The summed E-state index contributed by atoms with van der Waals surface area (Å²) in [5, 5.41) is 10.2. The summed E-state index contributed by atoms with van der Waals surface area (Å²) in [4.78, 5) is 23.7. The lowest BCUT2D eigenvalue weighted by molar-refractivity contribution is -0.138. The van der Waals surface area contributed by atoms with Crippen LogP contribution in [-0.2, 0) is 9.59 Å². The third-order valence-electron chi connectivity index (χ3n) is 5.26. The molecule has 1 aliphatic heterocycles. The number of alkyl halides is 3. The highest BCUT2D eigenvalue weighted by atomic mass is 79.9. The van der Waals surface area contributed by atoms with Gasteiger partial charge >= 0.3 is 0 Å². The van der Waals surface area contributed by atoms with Gasteiger partial charge in [-0.05, 0) is 29.7 Å². The molecule has 1 heterocycles. The maximum absolute atomic E-state index is 13.2. The molecule has 9 heteroatoms. The van der Waals surface area contributed by atoms with Crippen LogP contribution in [0.2, 0.25) is 0 Å². The van der Waals surface area contributed by atoms with Gasteiger partial charge < -0.3 is 14.6 Å². The molecule has 150 valence electrons. The Morgan fingerprint density at radius 2 is 1.86 bits per heavy atom. The third-order valence-corrected chi connectivity index (χ3v) is 7.17. The number of ether oxygens (including phenoxy) is 2. The predicted octanol–water partition coefficient (Wildman–Crippen LogP) is 3.69. The molecule has 0 spiro atoms. The predicted molar refractivity (Wildman–Crippen MR) is 110 cm³/mol. The Labute approximate surface area is 180 Å². The summed E-state index contributed by atoms with van der Waals surface area (Å²) < 4.78 is 10.5. The van der Waals surface area contributed by atoms with E-state index < -0.39 is 27.5 Å². The van der Waals surface area contributed by atoms with Crippen molar-refractivity contribution in [1.82, 2.24) is 4.90 Å². The van der Waals surface area contributed by atoms with Crippen molar-refractivity contribution in [1.29, 1.82) is 0 Å². The van der Waals surface area contributed by atoms with E-state index in [0.29, 0.717) is 11.1 Å². The lowest BCUT2D eigenvalue weighted by atomic mass is 9.68. The number of fused-ring (bicyclic) bond motifs is 1. The number of imide groups is 1. The van der Waals surface area contributed by atoms with Crippen molar-refractivity contribution in [3.8, 4) is 17.2 Å². The van der Waals surface area contributed by atoms with E-state index in [1.165, 1.54) is 14.2 Å². The number of halogens is 3. The van der Waals surface area contributed by atoms with Gasteiger partial charge in [0.2, 0.25) is 5.75 Å². The van der Waals surface area contributed by atoms with Crippen molar-refractivity contribution >= 4 is 50.9 Å². The summed E-state index contributed by atoms with van der Waals surface area (Å²) >= 11 is 16.8. The molecule has 1 N–H and O–H groups in total. The molecule has 1 aromatic rings. The summed E-state index contributed by atoms with van der Waals surface area (Å²) in [5.74, 6) is -1.90. The van der Waals surface area contributed by atoms with E-state index >= 15 is 0 Å². The molecule has 0 aromatic heterocycles. The minimum Gasteiger partial charge on any atom is -0.502 e. The second-order valence-electron chi connectivity index (χ2n) is 6.49. The normalized spacial score (nSPS) is 29.4. The molecule has 28 heavy (non-hydrogen) atoms. The first kappa shape index (κ1) is 21.0. The Bertz CT molecular complexity index is 879. The molecular formula is C19H18BrCl2NO5. The van der Waals surface area contributed by atoms with Crippen LogP contribution in [-0.4, -0.2) is 51.2 Å². The summed E-state index contributed by atoms with van der Waals surface area (Å²) in [7, 11) is 2.78. The van der Waals surface area contributed by atoms with Gasteiger partial charge in [-0.1, -0.05) is 34.7 Å². The smallest absolute Gasteiger partial charge is 0.254 e. The standard InChI is InChI=1S/C19H18BrCl2NO5/c1-4-10-5-6-18(21)16(25)23(9-20)17(26)19(18,22)14(10)11-7-12(27-2)15(24)13(8-11)28-3/h4-5,7-8,14,24H,1,6,9H2,2-3H3/t14-,18-,19+/m1/s1. The Balaban J connectivity index is 2.30. The van der Waals surface area contributed by atoms with Crippen LogP contribution >= 0.6 is 39.1 Å². The zero-order valence-corrected chi connectivity index (χ0v) is 18.3. The second-order valence-corrected chi connectivity index (χ2v) is 8.23. The van der Waals surface area contributed by atoms with E-state index in [1.54, 1.807) is 24.3 Å². The van der Waals surface area contributed by atoms with Gasteiger partial charge in [0, 0.05) is 5.92 Å². The molecule has 0 saturated carbocycles. The number of allylic oxidation sites excluding steroid dienone is 3. The number of carbonyl (C=O) groups excluding carboxylic acids is 2. The van der Waals surface area contributed by atoms with E-state index in [9.17, 15) is 14.7 Å². The van der Waals surface area contributed by atoms with Gasteiger partial charge in [0.1, 0.15) is 0 Å². The van der Waals surface area contributed by atoms with Crippen LogP contribution in [0.25, 0.3) is 0 Å². The van der Waals surface area contributed by atoms with Crippen LogP contribution in [0.15, 0.2) is 36.4 Å². The van der Waals surface area contributed by atoms with E-state index in [-0.39, 0.29) is 29.1 Å². The summed E-state index contributed by atoms with van der Waals surface area (Å²) in [6.07, 6.45) is 3.40. The van der Waals surface area contributed by atoms with Gasteiger partial charge in [-0.25, -0.2) is 0 Å². The monoisotopic (exact) mass is 489 g/mol. The fourth-order valence-corrected chi connectivity index (χ4v) is 5.17. The summed E-state index contributed by atoms with van der Waals surface area (Å²) in [6.45, 7) is 3.81. The zero-order chi connectivity index (χ0) is 20.9. The van der Waals surface area contributed by atoms with Crippen LogP contribution in [0, 0.1) is 0 Å². The topological polar surface area (TPSA) is 76.1 Å². The lowest BCUT2D eigenvalue weighted by Gasteiger charge is -2.42. The van der Waals surface area contributed by atoms with Crippen LogP contribution in [0.5, 0.6) is 17.2 Å². The minimum atomic E-state index is -1.79. The minimum absolute atomic E-state index is 0.0219. The highest BCUT2D eigenvalue weighted by Crippen LogP contribution is 2.60. The molecule has 1 fully saturated rings. The first-order valence-electron chi connectivity index (χ1n) is 8.28. The van der Waals surface area contributed by atoms with Crippen molar-refractivity contribution in [3.05, 3.63) is 42.0 Å². The molecule has 1 aromatic carbocycles. The number of benzene rings is 1. The summed E-state index contributed by atoms with van der Waals surface area (Å²) in [6, 6.07) is 3.09. The molecule has 0 bridgehead atoms. The summed E-state index contributed by atoms with van der Waals surface area (Å²) in [5.41, 5.74) is 1.11. The number of hydrogen-bond donors (Lipinski definition) is 1. The molecule has 0 radical (unpaired) electrons. The number of carbonyl (C=O) groups is 2. The highest BCUT2D eigenvalue weighted by Gasteiger charge is 2.72. The number of phenolic OH excluding ortho intramolecular Hbond substituents is 1. The van der Waals surface area contributed by atoms with E-state index in [1.807, 2.05) is 0 Å². The van der Waals surface area contributed by atoms with Gasteiger partial charge in [-0.2, -0.15) is 0 Å². The van der Waals surface area contributed by atoms with Crippen molar-refractivity contribution in [2.45, 2.75) is 22.1 Å². The van der Waals surface area contributed by atoms with Crippen LogP contribution in [0.1, 0.15) is 17.9 Å². The average Bonchev–Trinajstić information content (AvgIpc) is 2.84. The third kappa shape index (κ3) is 2.60. The first-order chi connectivity index (χ1) is 13.2. The number of hydrogen-bond acceptors (Lipinski definition) is 5. The molecule has 3 rings (SSSR count). The fourth-order valence-electron chi connectivity index (χ4n) is 3.83. The highest BCUT2D eigenvalue weighted by molar-refractivity contribution is 9.09. The molecule has 6 nitrogen and oxygen atoms in total. The van der Waals surface area contributed by atoms with Crippen LogP contribution < -0.4 is 9.47 Å². The number of likely N-dealkylation sites (tertiary alicyclic amines) is 1. The van der Waals surface area contributed by atoms with Crippen molar-refractivity contribution in [3.63, 3.8) is 0 Å². The van der Waals surface area contributed by atoms with Crippen molar-refractivity contribution < 1.29 is 24.2 Å². The number of nitrogens with zero attached hydrogens (tertiary/aromatic N) is 1. The number of aromatic hydroxyl groups is 1. The Hall–Kier alpha value is -1.70. The largest absolute Gasteiger partial charge is 0.502 e. The SMILES string of the molecule is C=CC1=CC[C@@]2(Cl)C(=O)N(CBr)C(=O)[C@@]2(Cl)[C@H]1c1cc(OC)c(O)c(OC)c1. The molecule has 1 aliphatic carbocycles. The number of methoxy groups -OCH3 is 2. The zero-order valence-electron chi connectivity index (χ0n) is 15.2. The fraction of sp³-hybridized carbons (Fsp3) is 0.368. The lowest BCUT2D eigenvalue weighted by Crippen LogP contribution is -2.54. The van der Waals surface area contributed by atoms with Gasteiger partial charge in [-0.15, -0.1) is 23.2 Å². The van der Waals surface area contributed by atoms with Crippen LogP contribution in [0.4, 0.5) is 0 Å². The molecule has 2 amide bonds. The Morgan fingerprint density at radius 3 is 2.32 bits per heavy atom. The molecule has 3 atom stereocenters. The molecule has 2 aliphatic rings. The van der Waals surface area contributed by atoms with E-state index in [2.05, 4.69) is 22.5 Å². The number of rotatable bonds is 5. The quantitative estimate of drug-likeness (QED) is 0.387. The maximum Gasteiger partial charge on any atom is 0.254 e. The van der Waals surface area contributed by atoms with Gasteiger partial charge in [-0.3, -0.25) is 14.5 Å². The van der Waals surface area contributed by atoms with Crippen molar-refractivity contribution in [2.75, 3.05) is 19.7 Å². The Morgan fingerprint density at radius 1 is 1.29 bits per heavy atom. The molecule has 1 saturated heterocycles. The maximum atomic E-state index is 13.2. The number of amides is 2. The van der Waals surface area contributed by atoms with Gasteiger partial charge in [0.25, 0.3) is 11.8 Å². The second kappa shape index (κ2) is 7.28. The first-order valence-corrected chi connectivity index (χ1v) is 10.2. The Kier molecular flexibility index (Phi) is 5.47. The molecular weight excluding hydrogens is 473 g/mol. The average molecular weight is 491 g/mol. The van der Waals surface area contributed by atoms with E-state index in [0.717, 1.165) is 4.90 Å². The van der Waals surface area contributed by atoms with Crippen molar-refractivity contribution in [2.24, 2.45) is 0 Å². The van der Waals surface area contributed by atoms with Crippen LogP contribution in [0.3, 0.4) is 0 Å². The van der Waals surface area contributed by atoms with E-state index in [4.69, 9.17) is 32.7 Å². The number of phenols is 1. The van der Waals surface area contributed by atoms with Gasteiger partial charge in [0.05, 0.1) is 19.7 Å². The molecule has 0 unspecified atom stereocenters.